The number of benzene rings is 5. The molecule has 0 radical (unpaired) electrons. The van der Waals surface area contributed by atoms with Crippen LogP contribution in [0.4, 0.5) is 34.1 Å². The van der Waals surface area contributed by atoms with Crippen LogP contribution in [0, 0.1) is 13.8 Å². The van der Waals surface area contributed by atoms with Crippen molar-refractivity contribution in [1.82, 2.24) is 0 Å². The molecule has 3 heteroatoms. The standard InChI is InChI=1S/C32H27BrN2/c1-24-13-17-28(18-14-24)34(26-9-5-3-6-10-26)30-21-22-32(31(33)23-30)35(27-11-7-4-8-12-27)29-19-15-25(2)16-20-29/h3-23H,1-2H3. The molecule has 0 aliphatic carbocycles. The van der Waals surface area contributed by atoms with Crippen LogP contribution < -0.4 is 9.80 Å². The largest absolute Gasteiger partial charge is 0.310 e. The molecule has 0 aliphatic rings. The number of hydrogen-bond acceptors (Lipinski definition) is 2. The molecule has 0 amide bonds. The Morgan fingerprint density at radius 3 is 1.31 bits per heavy atom. The molecule has 0 saturated carbocycles. The SMILES string of the molecule is Cc1ccc(N(c2ccccc2)c2ccc(N(c3ccccc3)c3ccc(C)cc3)c(Br)c2)cc1. The van der Waals surface area contributed by atoms with Crippen molar-refractivity contribution in [3.05, 3.63) is 143 Å². The first-order chi connectivity index (χ1) is 17.1. The lowest BCUT2D eigenvalue weighted by molar-refractivity contribution is 1.24. The van der Waals surface area contributed by atoms with E-state index in [1.54, 1.807) is 0 Å². The maximum atomic E-state index is 3.91. The van der Waals surface area contributed by atoms with Gasteiger partial charge in [0.15, 0.2) is 0 Å². The maximum absolute atomic E-state index is 3.91. The lowest BCUT2D eigenvalue weighted by atomic mass is 10.1. The Bertz CT molecular complexity index is 1400. The fourth-order valence-corrected chi connectivity index (χ4v) is 4.78. The highest BCUT2D eigenvalue weighted by molar-refractivity contribution is 9.10. The van der Waals surface area contributed by atoms with Gasteiger partial charge in [0.1, 0.15) is 0 Å². The highest BCUT2D eigenvalue weighted by Crippen LogP contribution is 2.43. The quantitative estimate of drug-likeness (QED) is 0.220. The summed E-state index contributed by atoms with van der Waals surface area (Å²) in [4.78, 5) is 4.57. The molecule has 0 bridgehead atoms. The summed E-state index contributed by atoms with van der Waals surface area (Å²) < 4.78 is 1.02. The molecule has 0 aromatic heterocycles. The van der Waals surface area contributed by atoms with Gasteiger partial charge in [-0.15, -0.1) is 0 Å². The molecular weight excluding hydrogens is 492 g/mol. The van der Waals surface area contributed by atoms with Crippen LogP contribution in [-0.2, 0) is 0 Å². The average molecular weight is 519 g/mol. The van der Waals surface area contributed by atoms with E-state index in [0.717, 1.165) is 38.6 Å². The zero-order valence-corrected chi connectivity index (χ0v) is 21.5. The Hall–Kier alpha value is -3.82. The highest BCUT2D eigenvalue weighted by atomic mass is 79.9. The third kappa shape index (κ3) is 5.01. The monoisotopic (exact) mass is 518 g/mol. The van der Waals surface area contributed by atoms with Gasteiger partial charge in [0.2, 0.25) is 0 Å². The van der Waals surface area contributed by atoms with Crippen molar-refractivity contribution in [1.29, 1.82) is 0 Å². The van der Waals surface area contributed by atoms with Crippen LogP contribution in [0.2, 0.25) is 0 Å². The van der Waals surface area contributed by atoms with Gasteiger partial charge in [-0.2, -0.15) is 0 Å². The maximum Gasteiger partial charge on any atom is 0.0605 e. The fourth-order valence-electron chi connectivity index (χ4n) is 4.23. The Morgan fingerprint density at radius 2 is 0.829 bits per heavy atom. The van der Waals surface area contributed by atoms with E-state index in [1.807, 2.05) is 6.07 Å². The summed E-state index contributed by atoms with van der Waals surface area (Å²) >= 11 is 3.91. The first-order valence-corrected chi connectivity index (χ1v) is 12.5. The topological polar surface area (TPSA) is 6.48 Å². The summed E-state index contributed by atoms with van der Waals surface area (Å²) in [5, 5.41) is 0. The van der Waals surface area contributed by atoms with Gasteiger partial charge in [0.05, 0.1) is 5.69 Å². The van der Waals surface area contributed by atoms with Crippen molar-refractivity contribution in [3.8, 4) is 0 Å². The van der Waals surface area contributed by atoms with Crippen LogP contribution >= 0.6 is 15.9 Å². The molecule has 0 spiro atoms. The Morgan fingerprint density at radius 1 is 0.429 bits per heavy atom. The number of rotatable bonds is 6. The summed E-state index contributed by atoms with van der Waals surface area (Å²) in [6.07, 6.45) is 0. The van der Waals surface area contributed by atoms with Crippen molar-refractivity contribution in [2.75, 3.05) is 9.80 Å². The zero-order chi connectivity index (χ0) is 24.2. The van der Waals surface area contributed by atoms with Gasteiger partial charge in [0, 0.05) is 32.9 Å². The smallest absolute Gasteiger partial charge is 0.0605 e. The van der Waals surface area contributed by atoms with E-state index in [1.165, 1.54) is 11.1 Å². The molecule has 0 fully saturated rings. The summed E-state index contributed by atoms with van der Waals surface area (Å²) in [5.41, 5.74) is 9.14. The van der Waals surface area contributed by atoms with E-state index < -0.39 is 0 Å². The molecule has 5 rings (SSSR count). The predicted molar refractivity (Wildman–Crippen MR) is 153 cm³/mol. The van der Waals surface area contributed by atoms with Crippen molar-refractivity contribution in [2.45, 2.75) is 13.8 Å². The minimum absolute atomic E-state index is 1.02. The lowest BCUT2D eigenvalue weighted by Crippen LogP contribution is -2.13. The molecular formula is C32H27BrN2. The van der Waals surface area contributed by atoms with Gasteiger partial charge in [-0.3, -0.25) is 0 Å². The van der Waals surface area contributed by atoms with E-state index in [9.17, 15) is 0 Å². The van der Waals surface area contributed by atoms with Crippen LogP contribution in [0.1, 0.15) is 11.1 Å². The first-order valence-electron chi connectivity index (χ1n) is 11.7. The third-order valence-corrected chi connectivity index (χ3v) is 6.68. The molecule has 0 atom stereocenters. The minimum atomic E-state index is 1.02. The van der Waals surface area contributed by atoms with E-state index >= 15 is 0 Å². The van der Waals surface area contributed by atoms with E-state index in [-0.39, 0.29) is 0 Å². The van der Waals surface area contributed by atoms with Gasteiger partial charge in [-0.1, -0.05) is 71.8 Å². The number of nitrogens with zero attached hydrogens (tertiary/aromatic N) is 2. The Labute approximate surface area is 216 Å². The van der Waals surface area contributed by atoms with E-state index in [4.69, 9.17) is 0 Å². The zero-order valence-electron chi connectivity index (χ0n) is 19.9. The number of para-hydroxylation sites is 2. The molecule has 172 valence electrons. The van der Waals surface area contributed by atoms with Crippen LogP contribution in [0.15, 0.2) is 132 Å². The summed E-state index contributed by atoms with van der Waals surface area (Å²) in [5.74, 6) is 0. The average Bonchev–Trinajstić information content (AvgIpc) is 2.89. The summed E-state index contributed by atoms with van der Waals surface area (Å²) in [7, 11) is 0. The van der Waals surface area contributed by atoms with Crippen LogP contribution in [0.25, 0.3) is 0 Å². The lowest BCUT2D eigenvalue weighted by Gasteiger charge is -2.29. The van der Waals surface area contributed by atoms with Crippen LogP contribution in [0.5, 0.6) is 0 Å². The molecule has 35 heavy (non-hydrogen) atoms. The molecule has 0 heterocycles. The van der Waals surface area contributed by atoms with Gasteiger partial charge in [-0.05, 0) is 96.5 Å². The normalized spacial score (nSPS) is 10.7. The van der Waals surface area contributed by atoms with Crippen molar-refractivity contribution >= 4 is 50.1 Å². The van der Waals surface area contributed by atoms with Crippen molar-refractivity contribution < 1.29 is 0 Å². The van der Waals surface area contributed by atoms with Crippen LogP contribution in [-0.4, -0.2) is 0 Å². The number of halogens is 1. The van der Waals surface area contributed by atoms with E-state index in [0.29, 0.717) is 0 Å². The number of anilines is 6. The summed E-state index contributed by atoms with van der Waals surface area (Å²) in [6, 6.07) is 44.9. The molecule has 0 N–H and O–H groups in total. The Kier molecular flexibility index (Phi) is 6.69. The highest BCUT2D eigenvalue weighted by Gasteiger charge is 2.18. The fraction of sp³-hybridized carbons (Fsp3) is 0.0625. The summed E-state index contributed by atoms with van der Waals surface area (Å²) in [6.45, 7) is 4.23. The second-order valence-electron chi connectivity index (χ2n) is 8.65. The van der Waals surface area contributed by atoms with Gasteiger partial charge >= 0.3 is 0 Å². The van der Waals surface area contributed by atoms with Gasteiger partial charge < -0.3 is 9.80 Å². The number of aryl methyl sites for hydroxylation is 2. The van der Waals surface area contributed by atoms with E-state index in [2.05, 4.69) is 161 Å². The molecule has 0 aliphatic heterocycles. The molecule has 0 unspecified atom stereocenters. The minimum Gasteiger partial charge on any atom is -0.310 e. The number of hydrogen-bond donors (Lipinski definition) is 0. The second-order valence-corrected chi connectivity index (χ2v) is 9.50. The van der Waals surface area contributed by atoms with Gasteiger partial charge in [-0.25, -0.2) is 0 Å². The third-order valence-electron chi connectivity index (χ3n) is 6.04. The molecule has 5 aromatic rings. The molecule has 5 aromatic carbocycles. The predicted octanol–water partition coefficient (Wildman–Crippen LogP) is 10.0. The Balaban J connectivity index is 1.62. The van der Waals surface area contributed by atoms with Crippen LogP contribution in [0.3, 0.4) is 0 Å². The van der Waals surface area contributed by atoms with Gasteiger partial charge in [0.25, 0.3) is 0 Å². The van der Waals surface area contributed by atoms with Crippen molar-refractivity contribution in [3.63, 3.8) is 0 Å². The molecule has 0 saturated heterocycles. The second kappa shape index (κ2) is 10.2. The van der Waals surface area contributed by atoms with Crippen molar-refractivity contribution in [2.24, 2.45) is 0 Å². The first kappa shape index (κ1) is 22.9. The molecule has 2 nitrogen and oxygen atoms in total.